The van der Waals surface area contributed by atoms with Crippen molar-refractivity contribution >= 4 is 5.82 Å². The topological polar surface area (TPSA) is 56.1 Å². The van der Waals surface area contributed by atoms with Crippen molar-refractivity contribution in [1.29, 1.82) is 0 Å². The van der Waals surface area contributed by atoms with Gasteiger partial charge in [-0.15, -0.1) is 6.58 Å². The van der Waals surface area contributed by atoms with Crippen LogP contribution in [0, 0.1) is 0 Å². The average molecular weight is 251 g/mol. The Labute approximate surface area is 108 Å². The molecule has 1 aromatic heterocycles. The average Bonchev–Trinajstić information content (AvgIpc) is 2.38. The highest BCUT2D eigenvalue weighted by Crippen LogP contribution is 1.94. The zero-order valence-corrected chi connectivity index (χ0v) is 10.9. The van der Waals surface area contributed by atoms with Gasteiger partial charge in [0.15, 0.2) is 5.82 Å². The number of hydrogen-bond acceptors (Lipinski definition) is 4. The summed E-state index contributed by atoms with van der Waals surface area (Å²) in [5, 5.41) is 2.99. The van der Waals surface area contributed by atoms with Gasteiger partial charge in [0.25, 0.3) is 5.56 Å². The Morgan fingerprint density at radius 1 is 1.56 bits per heavy atom. The number of nitrogens with zero attached hydrogens (tertiary/aromatic N) is 2. The highest BCUT2D eigenvalue weighted by atomic mass is 16.5. The molecule has 0 unspecified atom stereocenters. The molecule has 1 heterocycles. The maximum absolute atomic E-state index is 11.9. The normalized spacial score (nSPS) is 10.3. The summed E-state index contributed by atoms with van der Waals surface area (Å²) in [5.74, 6) is 0.387. The Morgan fingerprint density at radius 3 is 3.11 bits per heavy atom. The standard InChI is InChI=1S/C13H21N3O2/c1-3-5-10-18-11-7-15-12-13(17)16(8-4-2)9-6-14-12/h3,6,9H,1,4-5,7-8,10-11H2,2H3,(H,14,15). The van der Waals surface area contributed by atoms with Crippen molar-refractivity contribution in [3.63, 3.8) is 0 Å². The zero-order valence-electron chi connectivity index (χ0n) is 10.9. The maximum atomic E-state index is 11.9. The smallest absolute Gasteiger partial charge is 0.293 e. The lowest BCUT2D eigenvalue weighted by molar-refractivity contribution is 0.149. The molecule has 0 aliphatic heterocycles. The molecule has 1 N–H and O–H groups in total. The summed E-state index contributed by atoms with van der Waals surface area (Å²) in [7, 11) is 0. The van der Waals surface area contributed by atoms with Crippen LogP contribution in [0.5, 0.6) is 0 Å². The lowest BCUT2D eigenvalue weighted by Crippen LogP contribution is -2.25. The monoisotopic (exact) mass is 251 g/mol. The van der Waals surface area contributed by atoms with Crippen LogP contribution in [0.15, 0.2) is 29.8 Å². The minimum Gasteiger partial charge on any atom is -0.379 e. The molecule has 0 spiro atoms. The van der Waals surface area contributed by atoms with Crippen molar-refractivity contribution in [3.8, 4) is 0 Å². The lowest BCUT2D eigenvalue weighted by Gasteiger charge is -2.08. The van der Waals surface area contributed by atoms with E-state index in [2.05, 4.69) is 16.9 Å². The third-order valence-electron chi connectivity index (χ3n) is 2.38. The molecule has 5 nitrogen and oxygen atoms in total. The van der Waals surface area contributed by atoms with E-state index in [1.165, 1.54) is 0 Å². The molecule has 0 atom stereocenters. The van der Waals surface area contributed by atoms with Gasteiger partial charge in [-0.25, -0.2) is 4.98 Å². The minimum atomic E-state index is -0.0783. The van der Waals surface area contributed by atoms with Crippen molar-refractivity contribution in [2.24, 2.45) is 0 Å². The number of rotatable bonds is 9. The molecule has 0 amide bonds. The second kappa shape index (κ2) is 8.47. The van der Waals surface area contributed by atoms with Gasteiger partial charge in [-0.3, -0.25) is 4.79 Å². The summed E-state index contributed by atoms with van der Waals surface area (Å²) in [6, 6.07) is 0. The second-order valence-electron chi connectivity index (χ2n) is 3.89. The van der Waals surface area contributed by atoms with Crippen LogP contribution in [0.4, 0.5) is 5.82 Å². The van der Waals surface area contributed by atoms with Crippen molar-refractivity contribution in [2.45, 2.75) is 26.3 Å². The van der Waals surface area contributed by atoms with Crippen LogP contribution in [0.25, 0.3) is 0 Å². The molecular formula is C13H21N3O2. The molecule has 0 aliphatic carbocycles. The van der Waals surface area contributed by atoms with E-state index >= 15 is 0 Å². The first-order chi connectivity index (χ1) is 8.79. The van der Waals surface area contributed by atoms with E-state index < -0.39 is 0 Å². The van der Waals surface area contributed by atoms with Crippen molar-refractivity contribution in [3.05, 3.63) is 35.4 Å². The number of hydrogen-bond donors (Lipinski definition) is 1. The van der Waals surface area contributed by atoms with Crippen molar-refractivity contribution in [2.75, 3.05) is 25.1 Å². The third-order valence-corrected chi connectivity index (χ3v) is 2.38. The molecule has 5 heteroatoms. The van der Waals surface area contributed by atoms with Crippen LogP contribution in [-0.2, 0) is 11.3 Å². The van der Waals surface area contributed by atoms with Crippen LogP contribution < -0.4 is 10.9 Å². The highest BCUT2D eigenvalue weighted by molar-refractivity contribution is 5.30. The Hall–Kier alpha value is -1.62. The number of ether oxygens (including phenoxy) is 1. The fourth-order valence-electron chi connectivity index (χ4n) is 1.50. The summed E-state index contributed by atoms with van der Waals surface area (Å²) >= 11 is 0. The summed E-state index contributed by atoms with van der Waals surface area (Å²) in [6.07, 6.45) is 6.92. The molecular weight excluding hydrogens is 230 g/mol. The van der Waals surface area contributed by atoms with E-state index in [0.717, 1.165) is 12.8 Å². The fourth-order valence-corrected chi connectivity index (χ4v) is 1.50. The van der Waals surface area contributed by atoms with Gasteiger partial charge in [0.05, 0.1) is 13.2 Å². The zero-order chi connectivity index (χ0) is 13.2. The molecule has 1 aromatic rings. The van der Waals surface area contributed by atoms with Gasteiger partial charge in [-0.2, -0.15) is 0 Å². The van der Waals surface area contributed by atoms with Gasteiger partial charge < -0.3 is 14.6 Å². The predicted molar refractivity (Wildman–Crippen MR) is 72.9 cm³/mol. The van der Waals surface area contributed by atoms with Gasteiger partial charge >= 0.3 is 0 Å². The molecule has 0 saturated heterocycles. The van der Waals surface area contributed by atoms with E-state index in [9.17, 15) is 4.79 Å². The number of aryl methyl sites for hydroxylation is 1. The summed E-state index contributed by atoms with van der Waals surface area (Å²) in [4.78, 5) is 15.9. The van der Waals surface area contributed by atoms with Crippen LogP contribution in [0.2, 0.25) is 0 Å². The lowest BCUT2D eigenvalue weighted by atomic mass is 10.4. The fraction of sp³-hybridized carbons (Fsp3) is 0.538. The van der Waals surface area contributed by atoms with Gasteiger partial charge in [0.1, 0.15) is 0 Å². The third kappa shape index (κ3) is 4.71. The SMILES string of the molecule is C=CCCOCCNc1nccn(CCC)c1=O. The molecule has 0 saturated carbocycles. The van der Waals surface area contributed by atoms with Crippen LogP contribution in [0.3, 0.4) is 0 Å². The maximum Gasteiger partial charge on any atom is 0.293 e. The molecule has 100 valence electrons. The predicted octanol–water partition coefficient (Wildman–Crippen LogP) is 1.66. The van der Waals surface area contributed by atoms with Gasteiger partial charge in [-0.1, -0.05) is 13.0 Å². The van der Waals surface area contributed by atoms with Crippen LogP contribution in [-0.4, -0.2) is 29.3 Å². The highest BCUT2D eigenvalue weighted by Gasteiger charge is 2.02. The van der Waals surface area contributed by atoms with E-state index in [-0.39, 0.29) is 5.56 Å². The molecule has 0 radical (unpaired) electrons. The molecule has 1 rings (SSSR count). The van der Waals surface area contributed by atoms with Crippen molar-refractivity contribution in [1.82, 2.24) is 9.55 Å². The van der Waals surface area contributed by atoms with Gasteiger partial charge in [0.2, 0.25) is 0 Å². The Bertz CT molecular complexity index is 415. The molecule has 0 aromatic carbocycles. The minimum absolute atomic E-state index is 0.0783. The number of nitrogens with one attached hydrogen (secondary N) is 1. The van der Waals surface area contributed by atoms with Crippen LogP contribution >= 0.6 is 0 Å². The molecule has 18 heavy (non-hydrogen) atoms. The largest absolute Gasteiger partial charge is 0.379 e. The first kappa shape index (κ1) is 14.4. The Kier molecular flexibility index (Phi) is 6.79. The molecule has 0 fully saturated rings. The molecule has 0 bridgehead atoms. The van der Waals surface area contributed by atoms with Crippen molar-refractivity contribution < 1.29 is 4.74 Å². The first-order valence-corrected chi connectivity index (χ1v) is 6.27. The first-order valence-electron chi connectivity index (χ1n) is 6.27. The quantitative estimate of drug-likeness (QED) is 0.535. The summed E-state index contributed by atoms with van der Waals surface area (Å²) in [6.45, 7) is 8.16. The Morgan fingerprint density at radius 2 is 2.39 bits per heavy atom. The van der Waals surface area contributed by atoms with Gasteiger partial charge in [0, 0.05) is 25.5 Å². The summed E-state index contributed by atoms with van der Waals surface area (Å²) in [5.41, 5.74) is -0.0783. The summed E-state index contributed by atoms with van der Waals surface area (Å²) < 4.78 is 7.00. The number of anilines is 1. The van der Waals surface area contributed by atoms with Crippen LogP contribution in [0.1, 0.15) is 19.8 Å². The van der Waals surface area contributed by atoms with E-state index in [1.807, 2.05) is 13.0 Å². The molecule has 0 aliphatic rings. The van der Waals surface area contributed by atoms with E-state index in [0.29, 0.717) is 32.1 Å². The Balaban J connectivity index is 2.40. The van der Waals surface area contributed by atoms with E-state index in [4.69, 9.17) is 4.74 Å². The van der Waals surface area contributed by atoms with E-state index in [1.54, 1.807) is 17.0 Å². The van der Waals surface area contributed by atoms with Gasteiger partial charge in [-0.05, 0) is 12.8 Å². The number of aromatic nitrogens is 2. The second-order valence-corrected chi connectivity index (χ2v) is 3.89.